The molecule has 3 amide bonds. The lowest BCUT2D eigenvalue weighted by Crippen LogP contribution is -2.23. The average Bonchev–Trinajstić information content (AvgIpc) is 2.16. The van der Waals surface area contributed by atoms with Crippen LogP contribution in [0.2, 0.25) is 0 Å². The second kappa shape index (κ2) is 5.16. The minimum atomic E-state index is -0.600. The van der Waals surface area contributed by atoms with Gasteiger partial charge in [-0.15, -0.1) is 0 Å². The molecule has 5 heteroatoms. The Hall–Kier alpha value is -2.04. The first-order valence-corrected chi connectivity index (χ1v) is 4.86. The number of nitrogens with zero attached hydrogens (tertiary/aromatic N) is 1. The van der Waals surface area contributed by atoms with Crippen LogP contribution in [-0.4, -0.2) is 23.9 Å². The Morgan fingerprint density at radius 3 is 2.69 bits per heavy atom. The molecule has 5 nitrogen and oxygen atoms in total. The lowest BCUT2D eigenvalue weighted by Gasteiger charge is -2.15. The topological polar surface area (TPSA) is 75.4 Å². The van der Waals surface area contributed by atoms with E-state index in [1.165, 1.54) is 6.92 Å². The number of anilines is 1. The SMILES string of the molecule is CC(=O)N(C)Cc1cccc(NC(N)=O)c1. The number of amides is 3. The summed E-state index contributed by atoms with van der Waals surface area (Å²) in [5, 5.41) is 2.48. The van der Waals surface area contributed by atoms with E-state index in [9.17, 15) is 9.59 Å². The van der Waals surface area contributed by atoms with Crippen molar-refractivity contribution in [3.63, 3.8) is 0 Å². The van der Waals surface area contributed by atoms with E-state index >= 15 is 0 Å². The Morgan fingerprint density at radius 1 is 1.44 bits per heavy atom. The van der Waals surface area contributed by atoms with Crippen LogP contribution >= 0.6 is 0 Å². The molecule has 1 aromatic rings. The molecule has 1 aromatic carbocycles. The molecule has 0 aromatic heterocycles. The van der Waals surface area contributed by atoms with Gasteiger partial charge in [-0.1, -0.05) is 12.1 Å². The number of carbonyl (C=O) groups excluding carboxylic acids is 2. The zero-order chi connectivity index (χ0) is 12.1. The number of nitrogens with one attached hydrogen (secondary N) is 1. The molecule has 0 aliphatic rings. The number of benzene rings is 1. The van der Waals surface area contributed by atoms with Crippen LogP contribution in [0, 0.1) is 0 Å². The van der Waals surface area contributed by atoms with Gasteiger partial charge >= 0.3 is 6.03 Å². The monoisotopic (exact) mass is 221 g/mol. The van der Waals surface area contributed by atoms with Crippen molar-refractivity contribution in [3.8, 4) is 0 Å². The Bertz CT molecular complexity index is 404. The number of hydrogen-bond donors (Lipinski definition) is 2. The number of rotatable bonds is 3. The summed E-state index contributed by atoms with van der Waals surface area (Å²) in [5.41, 5.74) is 6.57. The van der Waals surface area contributed by atoms with E-state index in [1.54, 1.807) is 30.1 Å². The molecule has 16 heavy (non-hydrogen) atoms. The Labute approximate surface area is 94.2 Å². The highest BCUT2D eigenvalue weighted by Crippen LogP contribution is 2.11. The van der Waals surface area contributed by atoms with Gasteiger partial charge in [-0.25, -0.2) is 4.79 Å². The van der Waals surface area contributed by atoms with Crippen molar-refractivity contribution in [2.24, 2.45) is 5.73 Å². The number of hydrogen-bond acceptors (Lipinski definition) is 2. The van der Waals surface area contributed by atoms with Crippen LogP contribution in [0.3, 0.4) is 0 Å². The van der Waals surface area contributed by atoms with E-state index in [4.69, 9.17) is 5.73 Å². The standard InChI is InChI=1S/C11H15N3O2/c1-8(15)14(2)7-9-4-3-5-10(6-9)13-11(12)16/h3-6H,7H2,1-2H3,(H3,12,13,16). The first-order chi connectivity index (χ1) is 7.49. The molecule has 0 bridgehead atoms. The van der Waals surface area contributed by atoms with Crippen LogP contribution in [0.1, 0.15) is 12.5 Å². The minimum absolute atomic E-state index is 0.00624. The van der Waals surface area contributed by atoms with E-state index in [2.05, 4.69) is 5.32 Å². The van der Waals surface area contributed by atoms with Crippen molar-refractivity contribution in [3.05, 3.63) is 29.8 Å². The lowest BCUT2D eigenvalue weighted by atomic mass is 10.2. The zero-order valence-electron chi connectivity index (χ0n) is 9.36. The fourth-order valence-corrected chi connectivity index (χ4v) is 1.27. The van der Waals surface area contributed by atoms with Crippen LogP contribution in [0.5, 0.6) is 0 Å². The Kier molecular flexibility index (Phi) is 3.88. The second-order valence-corrected chi connectivity index (χ2v) is 3.56. The highest BCUT2D eigenvalue weighted by Gasteiger charge is 2.04. The van der Waals surface area contributed by atoms with Crippen molar-refractivity contribution in [1.82, 2.24) is 4.90 Å². The van der Waals surface area contributed by atoms with Gasteiger partial charge in [-0.3, -0.25) is 4.79 Å². The van der Waals surface area contributed by atoms with Gasteiger partial charge in [0.1, 0.15) is 0 Å². The van der Waals surface area contributed by atoms with Crippen LogP contribution in [0.25, 0.3) is 0 Å². The van der Waals surface area contributed by atoms with Crippen LogP contribution < -0.4 is 11.1 Å². The number of primary amides is 1. The molecule has 0 radical (unpaired) electrons. The van der Waals surface area contributed by atoms with Gasteiger partial charge in [0, 0.05) is 26.2 Å². The van der Waals surface area contributed by atoms with Crippen molar-refractivity contribution >= 4 is 17.6 Å². The molecule has 86 valence electrons. The molecule has 0 unspecified atom stereocenters. The van der Waals surface area contributed by atoms with Gasteiger partial charge in [0.25, 0.3) is 0 Å². The molecule has 0 heterocycles. The summed E-state index contributed by atoms with van der Waals surface area (Å²) >= 11 is 0. The third-order valence-corrected chi connectivity index (χ3v) is 2.15. The summed E-state index contributed by atoms with van der Waals surface area (Å²) in [6.45, 7) is 2.01. The Morgan fingerprint density at radius 2 is 2.12 bits per heavy atom. The highest BCUT2D eigenvalue weighted by atomic mass is 16.2. The summed E-state index contributed by atoms with van der Waals surface area (Å²) in [6, 6.07) is 6.60. The number of urea groups is 1. The van der Waals surface area contributed by atoms with E-state index in [1.807, 2.05) is 6.07 Å². The Balaban J connectivity index is 2.74. The molecular formula is C11H15N3O2. The smallest absolute Gasteiger partial charge is 0.316 e. The maximum atomic E-state index is 11.0. The first-order valence-electron chi connectivity index (χ1n) is 4.86. The van der Waals surface area contributed by atoms with Gasteiger partial charge in [0.15, 0.2) is 0 Å². The minimum Gasteiger partial charge on any atom is -0.351 e. The third kappa shape index (κ3) is 3.61. The molecule has 0 aliphatic carbocycles. The molecular weight excluding hydrogens is 206 g/mol. The molecule has 0 atom stereocenters. The quantitative estimate of drug-likeness (QED) is 0.803. The zero-order valence-corrected chi connectivity index (χ0v) is 9.36. The number of carbonyl (C=O) groups is 2. The van der Waals surface area contributed by atoms with Crippen LogP contribution in [-0.2, 0) is 11.3 Å². The molecule has 0 aliphatic heterocycles. The second-order valence-electron chi connectivity index (χ2n) is 3.56. The van der Waals surface area contributed by atoms with Gasteiger partial charge in [-0.2, -0.15) is 0 Å². The van der Waals surface area contributed by atoms with Gasteiger partial charge in [0.2, 0.25) is 5.91 Å². The normalized spacial score (nSPS) is 9.62. The molecule has 0 fully saturated rings. The van der Waals surface area contributed by atoms with Crippen LogP contribution in [0.4, 0.5) is 10.5 Å². The van der Waals surface area contributed by atoms with Crippen molar-refractivity contribution in [2.45, 2.75) is 13.5 Å². The summed E-state index contributed by atoms with van der Waals surface area (Å²) in [5.74, 6) is -0.00624. The largest absolute Gasteiger partial charge is 0.351 e. The molecule has 3 N–H and O–H groups in total. The van der Waals surface area contributed by atoms with Crippen molar-refractivity contribution < 1.29 is 9.59 Å². The summed E-state index contributed by atoms with van der Waals surface area (Å²) in [7, 11) is 1.72. The van der Waals surface area contributed by atoms with Gasteiger partial charge in [0.05, 0.1) is 0 Å². The highest BCUT2D eigenvalue weighted by molar-refractivity contribution is 5.87. The number of nitrogens with two attached hydrogens (primary N) is 1. The molecule has 0 spiro atoms. The van der Waals surface area contributed by atoms with E-state index in [0.29, 0.717) is 12.2 Å². The lowest BCUT2D eigenvalue weighted by molar-refractivity contribution is -0.128. The van der Waals surface area contributed by atoms with E-state index in [0.717, 1.165) is 5.56 Å². The summed E-state index contributed by atoms with van der Waals surface area (Å²) in [6.07, 6.45) is 0. The predicted octanol–water partition coefficient (Wildman–Crippen LogP) is 1.16. The third-order valence-electron chi connectivity index (χ3n) is 2.15. The maximum absolute atomic E-state index is 11.0. The first kappa shape index (κ1) is 12.0. The fraction of sp³-hybridized carbons (Fsp3) is 0.273. The van der Waals surface area contributed by atoms with E-state index < -0.39 is 6.03 Å². The predicted molar refractivity (Wildman–Crippen MR) is 61.8 cm³/mol. The van der Waals surface area contributed by atoms with Gasteiger partial charge in [-0.05, 0) is 17.7 Å². The summed E-state index contributed by atoms with van der Waals surface area (Å²) < 4.78 is 0. The van der Waals surface area contributed by atoms with Crippen LogP contribution in [0.15, 0.2) is 24.3 Å². The van der Waals surface area contributed by atoms with Gasteiger partial charge < -0.3 is 16.0 Å². The average molecular weight is 221 g/mol. The van der Waals surface area contributed by atoms with E-state index in [-0.39, 0.29) is 5.91 Å². The fourth-order valence-electron chi connectivity index (χ4n) is 1.27. The summed E-state index contributed by atoms with van der Waals surface area (Å²) in [4.78, 5) is 23.3. The molecule has 1 rings (SSSR count). The van der Waals surface area contributed by atoms with Crippen molar-refractivity contribution in [1.29, 1.82) is 0 Å². The molecule has 0 saturated carbocycles. The maximum Gasteiger partial charge on any atom is 0.316 e. The van der Waals surface area contributed by atoms with Crippen molar-refractivity contribution in [2.75, 3.05) is 12.4 Å². The molecule has 0 saturated heterocycles.